The van der Waals surface area contributed by atoms with Crippen molar-refractivity contribution >= 4 is 31.9 Å². The summed E-state index contributed by atoms with van der Waals surface area (Å²) in [7, 11) is 7.95. The standard InChI is InChI=1S/C14H39B4F3N8/c15-28(16)13-8-24(3-1-22)5-11-27(21)12-7-25(9-14-29(17)18)6-10-26(20)4-2-23-19/h23H,1-18,22H2. The van der Waals surface area contributed by atoms with Crippen LogP contribution in [-0.2, 0) is 0 Å². The zero-order valence-corrected chi connectivity index (χ0v) is 18.8. The SMILES string of the molecule is BN(B)CCN(CCN)CCN(F)CCN(CCN(B)B)CCN(F)CCNF. The number of hydrogen-bond acceptors (Lipinski definition) is 8. The highest BCUT2D eigenvalue weighted by molar-refractivity contribution is 6.25. The molecule has 0 saturated heterocycles. The van der Waals surface area contributed by atoms with E-state index in [1.165, 1.54) is 5.54 Å². The van der Waals surface area contributed by atoms with Crippen LogP contribution in [0.15, 0.2) is 0 Å². The van der Waals surface area contributed by atoms with Gasteiger partial charge in [0.25, 0.3) is 0 Å². The number of hydrogen-bond donors (Lipinski definition) is 2. The van der Waals surface area contributed by atoms with E-state index in [2.05, 4.69) is 9.62 Å². The third-order valence-electron chi connectivity index (χ3n) is 4.60. The van der Waals surface area contributed by atoms with Crippen molar-refractivity contribution in [2.24, 2.45) is 5.73 Å². The first-order chi connectivity index (χ1) is 13.8. The molecule has 0 aromatic rings. The third kappa shape index (κ3) is 18.2. The van der Waals surface area contributed by atoms with Gasteiger partial charge in [0.1, 0.15) is 0 Å². The lowest BCUT2D eigenvalue weighted by atomic mass is 10.1. The molecule has 0 radical (unpaired) electrons. The monoisotopic (exact) mass is 420 g/mol. The van der Waals surface area contributed by atoms with Crippen LogP contribution in [0.25, 0.3) is 0 Å². The molecule has 0 saturated carbocycles. The highest BCUT2D eigenvalue weighted by Crippen LogP contribution is 1.98. The first-order valence-electron chi connectivity index (χ1n) is 10.4. The second-order valence-corrected chi connectivity index (χ2v) is 7.78. The first kappa shape index (κ1) is 28.7. The van der Waals surface area contributed by atoms with Crippen molar-refractivity contribution < 1.29 is 13.4 Å². The van der Waals surface area contributed by atoms with E-state index >= 15 is 0 Å². The molecule has 0 aromatic carbocycles. The molecule has 0 heterocycles. The fourth-order valence-electron chi connectivity index (χ4n) is 2.67. The Kier molecular flexibility index (Phi) is 18.3. The van der Waals surface area contributed by atoms with Crippen LogP contribution in [0.5, 0.6) is 0 Å². The Morgan fingerprint density at radius 3 is 1.34 bits per heavy atom. The lowest BCUT2D eigenvalue weighted by molar-refractivity contribution is -0.00552. The van der Waals surface area contributed by atoms with Gasteiger partial charge in [0, 0.05) is 78.5 Å². The van der Waals surface area contributed by atoms with Crippen LogP contribution in [0.4, 0.5) is 13.4 Å². The number of nitrogens with zero attached hydrogens (tertiary/aromatic N) is 6. The average molecular weight is 420 g/mol. The van der Waals surface area contributed by atoms with E-state index in [0.717, 1.165) is 37.8 Å². The van der Waals surface area contributed by atoms with Crippen LogP contribution < -0.4 is 11.3 Å². The van der Waals surface area contributed by atoms with Crippen molar-refractivity contribution in [1.29, 1.82) is 0 Å². The molecule has 0 aliphatic carbocycles. The Hall–Kier alpha value is -0.270. The highest BCUT2D eigenvalue weighted by Gasteiger charge is 2.13. The van der Waals surface area contributed by atoms with Gasteiger partial charge in [-0.3, -0.25) is 9.80 Å². The molecule has 0 atom stereocenters. The summed E-state index contributed by atoms with van der Waals surface area (Å²) in [6, 6.07) is 0. The largest absolute Gasteiger partial charge is 0.395 e. The van der Waals surface area contributed by atoms with E-state index in [1.54, 1.807) is 0 Å². The van der Waals surface area contributed by atoms with Gasteiger partial charge >= 0.3 is 0 Å². The lowest BCUT2D eigenvalue weighted by Crippen LogP contribution is -2.43. The molecule has 0 aliphatic rings. The smallest absolute Gasteiger partial charge is 0.172 e. The van der Waals surface area contributed by atoms with Crippen LogP contribution in [0, 0.1) is 0 Å². The normalized spacial score (nSPS) is 12.5. The zero-order chi connectivity index (χ0) is 22.1. The molecule has 0 aliphatic heterocycles. The predicted octanol–water partition coefficient (Wildman–Crippen LogP) is -4.81. The van der Waals surface area contributed by atoms with Crippen molar-refractivity contribution in [3.63, 3.8) is 0 Å². The molecule has 0 fully saturated rings. The van der Waals surface area contributed by atoms with Crippen molar-refractivity contribution in [2.75, 3.05) is 91.6 Å². The van der Waals surface area contributed by atoms with Gasteiger partial charge < -0.3 is 15.2 Å². The molecule has 0 amide bonds. The molecule has 0 spiro atoms. The Bertz CT molecular complexity index is 380. The van der Waals surface area contributed by atoms with Gasteiger partial charge in [-0.15, -0.1) is 23.7 Å². The van der Waals surface area contributed by atoms with E-state index in [0.29, 0.717) is 37.8 Å². The van der Waals surface area contributed by atoms with E-state index in [4.69, 9.17) is 5.73 Å². The summed E-state index contributed by atoms with van der Waals surface area (Å²) in [6.45, 7) is 6.84. The molecule has 8 nitrogen and oxygen atoms in total. The molecule has 3 N–H and O–H groups in total. The van der Waals surface area contributed by atoms with Crippen LogP contribution in [-0.4, -0.2) is 153 Å². The Morgan fingerprint density at radius 2 is 0.966 bits per heavy atom. The van der Waals surface area contributed by atoms with Crippen LogP contribution in [0.3, 0.4) is 0 Å². The summed E-state index contributed by atoms with van der Waals surface area (Å²) >= 11 is 0. The van der Waals surface area contributed by atoms with E-state index < -0.39 is 0 Å². The lowest BCUT2D eigenvalue weighted by Gasteiger charge is -2.28. The average Bonchev–Trinajstić information content (AvgIpc) is 2.67. The van der Waals surface area contributed by atoms with Crippen LogP contribution >= 0.6 is 0 Å². The Morgan fingerprint density at radius 1 is 0.586 bits per heavy atom. The van der Waals surface area contributed by atoms with E-state index in [9.17, 15) is 13.4 Å². The summed E-state index contributed by atoms with van der Waals surface area (Å²) in [5.74, 6) is 0. The van der Waals surface area contributed by atoms with E-state index in [1.807, 2.05) is 41.5 Å². The van der Waals surface area contributed by atoms with Crippen LogP contribution in [0.2, 0.25) is 0 Å². The molecular weight excluding hydrogens is 380 g/mol. The number of rotatable bonds is 20. The summed E-state index contributed by atoms with van der Waals surface area (Å²) < 4.78 is 44.0. The second-order valence-electron chi connectivity index (χ2n) is 7.78. The maximum absolute atomic E-state index is 14.3. The van der Waals surface area contributed by atoms with Gasteiger partial charge in [-0.1, -0.05) is 0 Å². The van der Waals surface area contributed by atoms with Crippen molar-refractivity contribution in [1.82, 2.24) is 35.0 Å². The minimum Gasteiger partial charge on any atom is -0.395 e. The van der Waals surface area contributed by atoms with Crippen molar-refractivity contribution in [3.8, 4) is 0 Å². The summed E-state index contributed by atoms with van der Waals surface area (Å²) in [5.41, 5.74) is 7.09. The number of nitrogens with two attached hydrogens (primary N) is 1. The summed E-state index contributed by atoms with van der Waals surface area (Å²) in [5, 5.41) is 1.40. The summed E-state index contributed by atoms with van der Waals surface area (Å²) in [6.07, 6.45) is 0. The minimum atomic E-state index is -0.0560. The number of nitrogens with one attached hydrogen (secondary N) is 1. The first-order valence-corrected chi connectivity index (χ1v) is 10.4. The third-order valence-corrected chi connectivity index (χ3v) is 4.60. The molecule has 29 heavy (non-hydrogen) atoms. The fraction of sp³-hybridized carbons (Fsp3) is 1.00. The molecule has 0 bridgehead atoms. The molecule has 15 heteroatoms. The van der Waals surface area contributed by atoms with Gasteiger partial charge in [0.05, 0.1) is 0 Å². The maximum Gasteiger partial charge on any atom is 0.172 e. The van der Waals surface area contributed by atoms with Gasteiger partial charge in [0.15, 0.2) is 31.9 Å². The highest BCUT2D eigenvalue weighted by atomic mass is 19.2. The molecule has 168 valence electrons. The Balaban J connectivity index is 4.33. The van der Waals surface area contributed by atoms with Crippen molar-refractivity contribution in [3.05, 3.63) is 0 Å². The quantitative estimate of drug-likeness (QED) is 0.151. The second kappa shape index (κ2) is 18.5. The predicted molar refractivity (Wildman–Crippen MR) is 124 cm³/mol. The molecule has 0 unspecified atom stereocenters. The molecular formula is C14H39B4F3N8. The molecule has 0 aromatic heterocycles. The maximum atomic E-state index is 14.3. The number of halogens is 3. The Labute approximate surface area is 178 Å². The van der Waals surface area contributed by atoms with Gasteiger partial charge in [-0.25, -0.2) is 0 Å². The van der Waals surface area contributed by atoms with Crippen molar-refractivity contribution in [2.45, 2.75) is 0 Å². The summed E-state index contributed by atoms with van der Waals surface area (Å²) in [4.78, 5) is 4.20. The molecule has 0 rings (SSSR count). The zero-order valence-electron chi connectivity index (χ0n) is 18.8. The topological polar surface area (TPSA) is 57.5 Å². The van der Waals surface area contributed by atoms with Gasteiger partial charge in [-0.05, 0) is 13.1 Å². The van der Waals surface area contributed by atoms with Gasteiger partial charge in [-0.2, -0.15) is 5.54 Å². The van der Waals surface area contributed by atoms with E-state index in [-0.39, 0.29) is 26.2 Å². The minimum absolute atomic E-state index is 0.0167. The van der Waals surface area contributed by atoms with Gasteiger partial charge in [0.2, 0.25) is 0 Å². The van der Waals surface area contributed by atoms with Crippen LogP contribution in [0.1, 0.15) is 0 Å². The fourth-order valence-corrected chi connectivity index (χ4v) is 2.67.